The van der Waals surface area contributed by atoms with Crippen LogP contribution in [0, 0.1) is 6.92 Å². The van der Waals surface area contributed by atoms with Crippen molar-refractivity contribution in [3.8, 4) is 17.1 Å². The van der Waals surface area contributed by atoms with Crippen LogP contribution in [0.3, 0.4) is 0 Å². The normalized spacial score (nSPS) is 13.7. The summed E-state index contributed by atoms with van der Waals surface area (Å²) in [4.78, 5) is 10.8. The third-order valence-electron chi connectivity index (χ3n) is 3.50. The predicted molar refractivity (Wildman–Crippen MR) is 86.9 cm³/mol. The summed E-state index contributed by atoms with van der Waals surface area (Å²) < 4.78 is 5.37. The number of aromatic amines is 1. The number of aryl methyl sites for hydroxylation is 1. The number of H-pyrrole nitrogens is 1. The second kappa shape index (κ2) is 7.08. The van der Waals surface area contributed by atoms with E-state index < -0.39 is 0 Å². The van der Waals surface area contributed by atoms with Crippen molar-refractivity contribution in [3.63, 3.8) is 0 Å². The Kier molecular flexibility index (Phi) is 5.16. The zero-order valence-corrected chi connectivity index (χ0v) is 13.3. The molecule has 0 aliphatic carbocycles. The molecule has 0 bridgehead atoms. The maximum absolute atomic E-state index is 5.84. The van der Waals surface area contributed by atoms with Crippen molar-refractivity contribution < 1.29 is 4.74 Å². The van der Waals surface area contributed by atoms with E-state index in [1.165, 1.54) is 19.9 Å². The number of rotatable bonds is 3. The number of nitrogens with two attached hydrogens (primary N) is 2. The number of nitrogens with one attached hydrogen (secondary N) is 1. The first-order valence-corrected chi connectivity index (χ1v) is 7.25. The number of methoxy groups -OCH3 is 1. The Bertz CT molecular complexity index is 620. The molecule has 1 fully saturated rings. The summed E-state index contributed by atoms with van der Waals surface area (Å²) in [7, 11) is 3.12. The van der Waals surface area contributed by atoms with Crippen LogP contribution in [0.5, 0.6) is 5.75 Å². The van der Waals surface area contributed by atoms with Gasteiger partial charge in [0.25, 0.3) is 0 Å². The van der Waals surface area contributed by atoms with Crippen molar-refractivity contribution in [3.05, 3.63) is 11.8 Å². The minimum absolute atomic E-state index is 0.257. The summed E-state index contributed by atoms with van der Waals surface area (Å²) in [6.07, 6.45) is 2.37. The van der Waals surface area contributed by atoms with E-state index in [1.54, 1.807) is 7.11 Å². The van der Waals surface area contributed by atoms with Crippen LogP contribution >= 0.6 is 0 Å². The van der Waals surface area contributed by atoms with E-state index in [0.29, 0.717) is 17.1 Å². The Balaban J connectivity index is 0.000000847. The molecule has 5 N–H and O–H groups in total. The minimum Gasteiger partial charge on any atom is -0.492 e. The summed E-state index contributed by atoms with van der Waals surface area (Å²) in [5.41, 5.74) is 12.5. The molecule has 22 heavy (non-hydrogen) atoms. The molecule has 0 radical (unpaired) electrons. The summed E-state index contributed by atoms with van der Waals surface area (Å²) in [6.45, 7) is 3.92. The SMILES string of the molecule is CN.COc1c(-c2cc(N3CCCC3)nc(N)n2)n[nH]c1C. The first-order valence-electron chi connectivity index (χ1n) is 7.25. The lowest BCUT2D eigenvalue weighted by Crippen LogP contribution is -2.19. The van der Waals surface area contributed by atoms with Gasteiger partial charge in [0.05, 0.1) is 12.8 Å². The third kappa shape index (κ3) is 3.11. The van der Waals surface area contributed by atoms with Crippen LogP contribution in [0.4, 0.5) is 11.8 Å². The van der Waals surface area contributed by atoms with Gasteiger partial charge in [0.1, 0.15) is 11.5 Å². The maximum atomic E-state index is 5.84. The fourth-order valence-corrected chi connectivity index (χ4v) is 2.52. The number of ether oxygens (including phenoxy) is 1. The predicted octanol–water partition coefficient (Wildman–Crippen LogP) is 0.941. The lowest BCUT2D eigenvalue weighted by Gasteiger charge is -2.17. The molecule has 8 nitrogen and oxygen atoms in total. The van der Waals surface area contributed by atoms with Gasteiger partial charge in [0.2, 0.25) is 5.95 Å². The molecular weight excluding hydrogens is 282 g/mol. The van der Waals surface area contributed by atoms with E-state index in [1.807, 2.05) is 13.0 Å². The maximum Gasteiger partial charge on any atom is 0.222 e. The van der Waals surface area contributed by atoms with Crippen LogP contribution in [0.25, 0.3) is 11.4 Å². The monoisotopic (exact) mass is 305 g/mol. The van der Waals surface area contributed by atoms with E-state index in [0.717, 1.165) is 24.6 Å². The molecule has 1 aliphatic rings. The van der Waals surface area contributed by atoms with Crippen molar-refractivity contribution in [1.82, 2.24) is 20.2 Å². The molecule has 0 amide bonds. The van der Waals surface area contributed by atoms with Crippen molar-refractivity contribution >= 4 is 11.8 Å². The van der Waals surface area contributed by atoms with Gasteiger partial charge in [0, 0.05) is 19.2 Å². The van der Waals surface area contributed by atoms with Crippen LogP contribution in [-0.2, 0) is 0 Å². The van der Waals surface area contributed by atoms with Crippen molar-refractivity contribution in [2.45, 2.75) is 19.8 Å². The summed E-state index contributed by atoms with van der Waals surface area (Å²) >= 11 is 0. The highest BCUT2D eigenvalue weighted by atomic mass is 16.5. The van der Waals surface area contributed by atoms with E-state index >= 15 is 0 Å². The number of anilines is 2. The smallest absolute Gasteiger partial charge is 0.222 e. The summed E-state index contributed by atoms with van der Waals surface area (Å²) in [5, 5.41) is 7.16. The average Bonchev–Trinajstić information content (AvgIpc) is 3.18. The first kappa shape index (κ1) is 16.0. The first-order chi connectivity index (χ1) is 10.7. The minimum atomic E-state index is 0.257. The molecular formula is C14H23N7O. The number of aromatic nitrogens is 4. The Labute approximate surface area is 129 Å². The Morgan fingerprint density at radius 1 is 1.23 bits per heavy atom. The molecule has 0 unspecified atom stereocenters. The van der Waals surface area contributed by atoms with Gasteiger partial charge < -0.3 is 21.1 Å². The van der Waals surface area contributed by atoms with Crippen molar-refractivity contribution in [1.29, 1.82) is 0 Å². The zero-order chi connectivity index (χ0) is 16.1. The Morgan fingerprint density at radius 3 is 2.55 bits per heavy atom. The van der Waals surface area contributed by atoms with Gasteiger partial charge in [-0.15, -0.1) is 0 Å². The quantitative estimate of drug-likeness (QED) is 0.772. The summed E-state index contributed by atoms with van der Waals surface area (Å²) in [6, 6.07) is 1.92. The molecule has 1 aliphatic heterocycles. The van der Waals surface area contributed by atoms with Gasteiger partial charge >= 0.3 is 0 Å². The van der Waals surface area contributed by atoms with E-state index in [-0.39, 0.29) is 5.95 Å². The van der Waals surface area contributed by atoms with E-state index in [4.69, 9.17) is 10.5 Å². The molecule has 3 rings (SSSR count). The highest BCUT2D eigenvalue weighted by Crippen LogP contribution is 2.31. The second-order valence-electron chi connectivity index (χ2n) is 4.89. The van der Waals surface area contributed by atoms with Gasteiger partial charge in [-0.05, 0) is 26.8 Å². The summed E-state index contributed by atoms with van der Waals surface area (Å²) in [5.74, 6) is 1.80. The number of nitrogens with zero attached hydrogens (tertiary/aromatic N) is 4. The molecule has 120 valence electrons. The highest BCUT2D eigenvalue weighted by Gasteiger charge is 2.19. The average molecular weight is 305 g/mol. The van der Waals surface area contributed by atoms with E-state index in [2.05, 4.69) is 30.8 Å². The topological polar surface area (TPSA) is 119 Å². The standard InChI is InChI=1S/C13H18N6O.CH5N/c1-8-12(20-2)11(18-17-8)9-7-10(16-13(14)15-9)19-5-3-4-6-19;1-2/h7H,3-6H2,1-2H3,(H,17,18)(H2,14,15,16);2H2,1H3. The molecule has 0 saturated carbocycles. The van der Waals surface area contributed by atoms with Crippen LogP contribution in [0.1, 0.15) is 18.5 Å². The lowest BCUT2D eigenvalue weighted by atomic mass is 10.2. The van der Waals surface area contributed by atoms with Gasteiger partial charge in [0.15, 0.2) is 11.4 Å². The number of hydrogen-bond donors (Lipinski definition) is 3. The third-order valence-corrected chi connectivity index (χ3v) is 3.50. The molecule has 1 saturated heterocycles. The van der Waals surface area contributed by atoms with Gasteiger partial charge in [-0.25, -0.2) is 4.98 Å². The number of nitrogen functional groups attached to an aromatic ring is 1. The van der Waals surface area contributed by atoms with Gasteiger partial charge in [-0.1, -0.05) is 0 Å². The second-order valence-corrected chi connectivity index (χ2v) is 4.89. The van der Waals surface area contributed by atoms with Gasteiger partial charge in [-0.2, -0.15) is 10.1 Å². The molecule has 8 heteroatoms. The molecule has 0 aromatic carbocycles. The molecule has 2 aromatic heterocycles. The van der Waals surface area contributed by atoms with Crippen LogP contribution in [0.15, 0.2) is 6.07 Å². The fraction of sp³-hybridized carbons (Fsp3) is 0.500. The van der Waals surface area contributed by atoms with Crippen LogP contribution < -0.4 is 21.1 Å². The Morgan fingerprint density at radius 2 is 1.91 bits per heavy atom. The molecule has 2 aromatic rings. The molecule has 3 heterocycles. The molecule has 0 atom stereocenters. The van der Waals surface area contributed by atoms with Gasteiger partial charge in [-0.3, -0.25) is 5.10 Å². The van der Waals surface area contributed by atoms with E-state index in [9.17, 15) is 0 Å². The highest BCUT2D eigenvalue weighted by molar-refractivity contribution is 5.67. The largest absolute Gasteiger partial charge is 0.492 e. The molecule has 0 spiro atoms. The van der Waals surface area contributed by atoms with Crippen molar-refractivity contribution in [2.75, 3.05) is 37.9 Å². The fourth-order valence-electron chi connectivity index (χ4n) is 2.52. The zero-order valence-electron chi connectivity index (χ0n) is 13.3. The Hall–Kier alpha value is -2.35. The number of hydrogen-bond acceptors (Lipinski definition) is 7. The lowest BCUT2D eigenvalue weighted by molar-refractivity contribution is 0.413. The van der Waals surface area contributed by atoms with Crippen molar-refractivity contribution in [2.24, 2.45) is 5.73 Å². The van der Waals surface area contributed by atoms with Crippen LogP contribution in [0.2, 0.25) is 0 Å². The van der Waals surface area contributed by atoms with Crippen LogP contribution in [-0.4, -0.2) is 47.4 Å².